The molecule has 0 saturated heterocycles. The number of halogens is 3. The Balaban J connectivity index is 2.36. The van der Waals surface area contributed by atoms with Gasteiger partial charge in [-0.15, -0.1) is 0 Å². The highest BCUT2D eigenvalue weighted by molar-refractivity contribution is 9.11. The Bertz CT molecular complexity index is 722. The van der Waals surface area contributed by atoms with Crippen molar-refractivity contribution in [1.29, 1.82) is 0 Å². The molecule has 0 aliphatic heterocycles. The summed E-state index contributed by atoms with van der Waals surface area (Å²) in [6, 6.07) is 9.86. The van der Waals surface area contributed by atoms with Gasteiger partial charge >= 0.3 is 0 Å². The first-order chi connectivity index (χ1) is 9.29. The first kappa shape index (κ1) is 15.8. The average Bonchev–Trinajstić information content (AvgIpc) is 2.36. The van der Waals surface area contributed by atoms with Crippen molar-refractivity contribution in [2.24, 2.45) is 0 Å². The van der Waals surface area contributed by atoms with Crippen molar-refractivity contribution in [3.05, 3.63) is 55.9 Å². The van der Waals surface area contributed by atoms with E-state index in [0.29, 0.717) is 19.7 Å². The molecule has 0 aliphatic rings. The average molecular weight is 440 g/mol. The van der Waals surface area contributed by atoms with Crippen molar-refractivity contribution in [3.63, 3.8) is 0 Å². The maximum Gasteiger partial charge on any atom is 0.261 e. The van der Waals surface area contributed by atoms with Crippen LogP contribution >= 0.6 is 43.5 Å². The predicted molar refractivity (Wildman–Crippen MR) is 88.8 cm³/mol. The van der Waals surface area contributed by atoms with Crippen molar-refractivity contribution >= 4 is 59.2 Å². The molecular formula is C13H10Br2ClNO2S. The molecule has 2 aromatic carbocycles. The summed E-state index contributed by atoms with van der Waals surface area (Å²) in [6.07, 6.45) is 0. The molecule has 0 saturated carbocycles. The lowest BCUT2D eigenvalue weighted by Crippen LogP contribution is -2.12. The normalized spacial score (nSPS) is 11.4. The molecule has 0 aliphatic carbocycles. The molecule has 0 amide bonds. The third-order valence-corrected chi connectivity index (χ3v) is 6.08. The Hall–Kier alpha value is -0.560. The van der Waals surface area contributed by atoms with Crippen LogP contribution in [0.25, 0.3) is 0 Å². The number of rotatable bonds is 3. The van der Waals surface area contributed by atoms with E-state index in [-0.39, 0.29) is 4.90 Å². The summed E-state index contributed by atoms with van der Waals surface area (Å²) in [4.78, 5) is 0.213. The molecule has 2 rings (SSSR count). The van der Waals surface area contributed by atoms with Crippen molar-refractivity contribution < 1.29 is 8.42 Å². The van der Waals surface area contributed by atoms with Gasteiger partial charge in [-0.3, -0.25) is 4.72 Å². The summed E-state index contributed by atoms with van der Waals surface area (Å²) >= 11 is 12.5. The van der Waals surface area contributed by atoms with Gasteiger partial charge in [-0.25, -0.2) is 8.42 Å². The zero-order valence-electron chi connectivity index (χ0n) is 10.3. The molecule has 0 aromatic heterocycles. The summed E-state index contributed by atoms with van der Waals surface area (Å²) in [7, 11) is -3.61. The fourth-order valence-corrected chi connectivity index (χ4v) is 3.88. The summed E-state index contributed by atoms with van der Waals surface area (Å²) in [5.41, 5.74) is 1.43. The molecule has 20 heavy (non-hydrogen) atoms. The van der Waals surface area contributed by atoms with E-state index in [1.165, 1.54) is 0 Å². The number of hydrogen-bond acceptors (Lipinski definition) is 2. The standard InChI is InChI=1S/C13H10Br2ClNO2S/c1-8-2-4-10(5-3-8)20(18,19)17-9-6-11(14)13(16)12(15)7-9/h2-7,17H,1H3. The van der Waals surface area contributed by atoms with Crippen LogP contribution in [-0.4, -0.2) is 8.42 Å². The van der Waals surface area contributed by atoms with Gasteiger partial charge in [0.1, 0.15) is 0 Å². The van der Waals surface area contributed by atoms with E-state index in [0.717, 1.165) is 5.56 Å². The Morgan fingerprint density at radius 1 is 1.05 bits per heavy atom. The molecule has 0 spiro atoms. The molecule has 1 N–H and O–H groups in total. The minimum Gasteiger partial charge on any atom is -0.280 e. The topological polar surface area (TPSA) is 46.2 Å². The Labute approximate surface area is 139 Å². The maximum absolute atomic E-state index is 12.2. The van der Waals surface area contributed by atoms with Gasteiger partial charge in [0.05, 0.1) is 15.6 Å². The smallest absolute Gasteiger partial charge is 0.261 e. The van der Waals surface area contributed by atoms with Crippen molar-refractivity contribution in [3.8, 4) is 0 Å². The van der Waals surface area contributed by atoms with Crippen LogP contribution in [0.15, 0.2) is 50.2 Å². The highest BCUT2D eigenvalue weighted by Crippen LogP contribution is 2.34. The summed E-state index contributed by atoms with van der Waals surface area (Å²) in [6.45, 7) is 1.90. The molecular weight excluding hydrogens is 429 g/mol. The SMILES string of the molecule is Cc1ccc(S(=O)(=O)Nc2cc(Br)c(Cl)c(Br)c2)cc1. The molecule has 0 bridgehead atoms. The molecule has 0 radical (unpaired) electrons. The molecule has 0 fully saturated rings. The number of benzene rings is 2. The van der Waals surface area contributed by atoms with E-state index in [1.807, 2.05) is 6.92 Å². The van der Waals surface area contributed by atoms with E-state index in [2.05, 4.69) is 36.6 Å². The molecule has 7 heteroatoms. The van der Waals surface area contributed by atoms with Gasteiger partial charge in [-0.05, 0) is 63.0 Å². The van der Waals surface area contributed by atoms with E-state index < -0.39 is 10.0 Å². The summed E-state index contributed by atoms with van der Waals surface area (Å²) in [5.74, 6) is 0. The molecule has 2 aromatic rings. The van der Waals surface area contributed by atoms with Crippen LogP contribution in [-0.2, 0) is 10.0 Å². The summed E-state index contributed by atoms with van der Waals surface area (Å²) in [5, 5.41) is 0.489. The predicted octanol–water partition coefficient (Wildman–Crippen LogP) is 4.97. The van der Waals surface area contributed by atoms with Gasteiger partial charge in [0.15, 0.2) is 0 Å². The molecule has 3 nitrogen and oxygen atoms in total. The third kappa shape index (κ3) is 3.55. The van der Waals surface area contributed by atoms with E-state index in [9.17, 15) is 8.42 Å². The summed E-state index contributed by atoms with van der Waals surface area (Å²) < 4.78 is 28.2. The third-order valence-electron chi connectivity index (χ3n) is 2.57. The minimum atomic E-state index is -3.61. The Kier molecular flexibility index (Phi) is 4.79. The van der Waals surface area contributed by atoms with Crippen LogP contribution in [0, 0.1) is 6.92 Å². The molecule has 106 valence electrons. The van der Waals surface area contributed by atoms with Crippen molar-refractivity contribution in [2.75, 3.05) is 4.72 Å². The van der Waals surface area contributed by atoms with Gasteiger partial charge in [-0.1, -0.05) is 29.3 Å². The van der Waals surface area contributed by atoms with Crippen LogP contribution in [0.3, 0.4) is 0 Å². The lowest BCUT2D eigenvalue weighted by Gasteiger charge is -2.10. The molecule has 0 heterocycles. The fraction of sp³-hybridized carbons (Fsp3) is 0.0769. The number of hydrogen-bond donors (Lipinski definition) is 1. The number of anilines is 1. The first-order valence-corrected chi connectivity index (χ1v) is 8.98. The second-order valence-corrected chi connectivity index (χ2v) is 7.94. The second-order valence-electron chi connectivity index (χ2n) is 4.17. The highest BCUT2D eigenvalue weighted by Gasteiger charge is 2.15. The lowest BCUT2D eigenvalue weighted by atomic mass is 10.2. The van der Waals surface area contributed by atoms with Crippen LogP contribution in [0.1, 0.15) is 5.56 Å². The number of nitrogens with one attached hydrogen (secondary N) is 1. The van der Waals surface area contributed by atoms with Gasteiger partial charge < -0.3 is 0 Å². The van der Waals surface area contributed by atoms with Gasteiger partial charge in [0.2, 0.25) is 0 Å². The fourth-order valence-electron chi connectivity index (χ4n) is 1.55. The quantitative estimate of drug-likeness (QED) is 0.686. The van der Waals surface area contributed by atoms with Crippen LogP contribution < -0.4 is 4.72 Å². The lowest BCUT2D eigenvalue weighted by molar-refractivity contribution is 0.601. The van der Waals surface area contributed by atoms with E-state index in [1.54, 1.807) is 36.4 Å². The van der Waals surface area contributed by atoms with Gasteiger partial charge in [-0.2, -0.15) is 0 Å². The van der Waals surface area contributed by atoms with E-state index in [4.69, 9.17) is 11.6 Å². The monoisotopic (exact) mass is 437 g/mol. The largest absolute Gasteiger partial charge is 0.280 e. The van der Waals surface area contributed by atoms with Crippen molar-refractivity contribution in [2.45, 2.75) is 11.8 Å². The number of aryl methyl sites for hydroxylation is 1. The van der Waals surface area contributed by atoms with Gasteiger partial charge in [0, 0.05) is 8.95 Å². The zero-order chi connectivity index (χ0) is 14.9. The zero-order valence-corrected chi connectivity index (χ0v) is 15.1. The van der Waals surface area contributed by atoms with Crippen LogP contribution in [0.2, 0.25) is 5.02 Å². The van der Waals surface area contributed by atoms with Gasteiger partial charge in [0.25, 0.3) is 10.0 Å². The first-order valence-electron chi connectivity index (χ1n) is 5.53. The molecule has 0 unspecified atom stereocenters. The highest BCUT2D eigenvalue weighted by atomic mass is 79.9. The Morgan fingerprint density at radius 3 is 2.05 bits per heavy atom. The number of sulfonamides is 1. The maximum atomic E-state index is 12.2. The second kappa shape index (κ2) is 6.05. The minimum absolute atomic E-state index is 0.213. The van der Waals surface area contributed by atoms with Crippen LogP contribution in [0.5, 0.6) is 0 Å². The Morgan fingerprint density at radius 2 is 1.55 bits per heavy atom. The molecule has 0 atom stereocenters. The van der Waals surface area contributed by atoms with Crippen LogP contribution in [0.4, 0.5) is 5.69 Å². The van der Waals surface area contributed by atoms with E-state index >= 15 is 0 Å². The van der Waals surface area contributed by atoms with Crippen molar-refractivity contribution in [1.82, 2.24) is 0 Å².